The van der Waals surface area contributed by atoms with Crippen LogP contribution in [0, 0.1) is 13.8 Å². The van der Waals surface area contributed by atoms with Crippen molar-refractivity contribution in [2.45, 2.75) is 13.8 Å². The first-order valence-corrected chi connectivity index (χ1v) is 9.92. The van der Waals surface area contributed by atoms with E-state index < -0.39 is 5.97 Å². The van der Waals surface area contributed by atoms with Crippen LogP contribution in [0.1, 0.15) is 30.5 Å². The highest BCUT2D eigenvalue weighted by molar-refractivity contribution is 7.13. The van der Waals surface area contributed by atoms with Crippen LogP contribution in [0.5, 0.6) is 0 Å². The number of ether oxygens (including phenoxy) is 1. The van der Waals surface area contributed by atoms with E-state index in [0.29, 0.717) is 41.2 Å². The number of aryl methyl sites for hydroxylation is 2. The molecule has 0 saturated carbocycles. The molecule has 0 spiro atoms. The summed E-state index contributed by atoms with van der Waals surface area (Å²) in [6, 6.07) is 0. The average Bonchev–Trinajstić information content (AvgIpc) is 3.11. The molecule has 3 rings (SSSR count). The summed E-state index contributed by atoms with van der Waals surface area (Å²) >= 11 is 14.3. The van der Waals surface area contributed by atoms with Gasteiger partial charge in [0.05, 0.1) is 23.3 Å². The molecule has 1 aliphatic heterocycles. The number of hydrogen-bond acceptors (Lipinski definition) is 5. The zero-order chi connectivity index (χ0) is 18.6. The van der Waals surface area contributed by atoms with Crippen LogP contribution in [-0.4, -0.2) is 48.2 Å². The van der Waals surface area contributed by atoms with Gasteiger partial charge in [0.2, 0.25) is 0 Å². The maximum absolute atomic E-state index is 12.0. The number of rotatable bonds is 2. The van der Waals surface area contributed by atoms with E-state index >= 15 is 0 Å². The van der Waals surface area contributed by atoms with Gasteiger partial charge in [-0.05, 0) is 35.7 Å². The summed E-state index contributed by atoms with van der Waals surface area (Å²) in [6.07, 6.45) is 0. The van der Waals surface area contributed by atoms with Crippen LogP contribution in [0.3, 0.4) is 0 Å². The van der Waals surface area contributed by atoms with E-state index in [2.05, 4.69) is 0 Å². The topological polar surface area (TPSA) is 66.8 Å². The second kappa shape index (κ2) is 9.00. The molecule has 0 aliphatic carbocycles. The minimum Gasteiger partial charge on any atom is -0.477 e. The van der Waals surface area contributed by atoms with Crippen LogP contribution >= 0.6 is 45.9 Å². The van der Waals surface area contributed by atoms with E-state index in [-0.39, 0.29) is 10.8 Å². The Balaban J connectivity index is 0.000000196. The molecule has 1 amide bonds. The molecule has 0 radical (unpaired) electrons. The number of halogens is 2. The highest BCUT2D eigenvalue weighted by atomic mass is 35.5. The van der Waals surface area contributed by atoms with Gasteiger partial charge in [0.1, 0.15) is 9.75 Å². The van der Waals surface area contributed by atoms with E-state index in [1.54, 1.807) is 17.2 Å². The van der Waals surface area contributed by atoms with Crippen molar-refractivity contribution in [3.05, 3.63) is 41.7 Å². The van der Waals surface area contributed by atoms with Gasteiger partial charge in [-0.25, -0.2) is 4.79 Å². The zero-order valence-corrected chi connectivity index (χ0v) is 16.8. The second-order valence-electron chi connectivity index (χ2n) is 5.33. The van der Waals surface area contributed by atoms with Gasteiger partial charge in [-0.3, -0.25) is 4.79 Å². The lowest BCUT2D eigenvalue weighted by Crippen LogP contribution is -2.40. The predicted octanol–water partition coefficient (Wildman–Crippen LogP) is 4.59. The molecule has 1 aliphatic rings. The molecule has 1 fully saturated rings. The van der Waals surface area contributed by atoms with Gasteiger partial charge in [0, 0.05) is 13.1 Å². The number of thiophene rings is 2. The number of carbonyl (C=O) groups is 2. The highest BCUT2D eigenvalue weighted by Crippen LogP contribution is 2.28. The number of amides is 1. The third-order valence-electron chi connectivity index (χ3n) is 3.49. The number of carboxylic acid groups (broad SMARTS) is 1. The first kappa shape index (κ1) is 20.2. The maximum atomic E-state index is 12.0. The molecule has 0 aromatic carbocycles. The van der Waals surface area contributed by atoms with Crippen LogP contribution in [0.25, 0.3) is 0 Å². The largest absolute Gasteiger partial charge is 0.477 e. The molecule has 9 heteroatoms. The molecule has 3 heterocycles. The number of carboxylic acids is 1. The van der Waals surface area contributed by atoms with Crippen LogP contribution in [-0.2, 0) is 4.74 Å². The van der Waals surface area contributed by atoms with Gasteiger partial charge in [-0.1, -0.05) is 23.2 Å². The maximum Gasteiger partial charge on any atom is 0.347 e. The average molecular weight is 422 g/mol. The number of nitrogens with zero attached hydrogens (tertiary/aromatic N) is 1. The third kappa shape index (κ3) is 4.95. The molecule has 2 aromatic heterocycles. The van der Waals surface area contributed by atoms with Crippen molar-refractivity contribution in [2.24, 2.45) is 0 Å². The number of aromatic carboxylic acids is 1. The second-order valence-corrected chi connectivity index (χ2v) is 7.85. The van der Waals surface area contributed by atoms with Crippen LogP contribution in [0.4, 0.5) is 0 Å². The fourth-order valence-electron chi connectivity index (χ4n) is 2.06. The van der Waals surface area contributed by atoms with Crippen molar-refractivity contribution in [1.29, 1.82) is 0 Å². The lowest BCUT2D eigenvalue weighted by Gasteiger charge is -2.26. The molecular weight excluding hydrogens is 405 g/mol. The summed E-state index contributed by atoms with van der Waals surface area (Å²) < 4.78 is 5.20. The molecule has 136 valence electrons. The summed E-state index contributed by atoms with van der Waals surface area (Å²) in [7, 11) is 0. The minimum absolute atomic E-state index is 0.0291. The molecule has 0 atom stereocenters. The summed E-state index contributed by atoms with van der Waals surface area (Å²) in [6.45, 7) is 6.25. The fraction of sp³-hybridized carbons (Fsp3) is 0.375. The van der Waals surface area contributed by atoms with Gasteiger partial charge >= 0.3 is 5.97 Å². The van der Waals surface area contributed by atoms with Gasteiger partial charge in [0.15, 0.2) is 0 Å². The van der Waals surface area contributed by atoms with Crippen molar-refractivity contribution in [1.82, 2.24) is 4.90 Å². The number of hydrogen-bond donors (Lipinski definition) is 1. The van der Waals surface area contributed by atoms with Gasteiger partial charge < -0.3 is 14.7 Å². The van der Waals surface area contributed by atoms with Crippen LogP contribution in [0.2, 0.25) is 10.0 Å². The zero-order valence-electron chi connectivity index (χ0n) is 13.7. The molecule has 1 saturated heterocycles. The smallest absolute Gasteiger partial charge is 0.347 e. The van der Waals surface area contributed by atoms with Crippen molar-refractivity contribution >= 4 is 57.8 Å². The van der Waals surface area contributed by atoms with Crippen LogP contribution in [0.15, 0.2) is 10.8 Å². The molecule has 25 heavy (non-hydrogen) atoms. The Kier molecular flexibility index (Phi) is 7.27. The number of carbonyl (C=O) groups excluding carboxylic acids is 1. The van der Waals surface area contributed by atoms with Crippen molar-refractivity contribution < 1.29 is 19.4 Å². The Bertz CT molecular complexity index is 766. The predicted molar refractivity (Wildman–Crippen MR) is 102 cm³/mol. The minimum atomic E-state index is -0.955. The van der Waals surface area contributed by atoms with Gasteiger partial charge in [-0.15, -0.1) is 22.7 Å². The first-order chi connectivity index (χ1) is 11.8. The highest BCUT2D eigenvalue weighted by Gasteiger charge is 2.22. The van der Waals surface area contributed by atoms with Gasteiger partial charge in [-0.2, -0.15) is 0 Å². The SMILES string of the molecule is Cc1csc(C(=O)N2CCOCC2)c1Cl.Cc1csc(C(=O)O)c1Cl. The molecule has 5 nitrogen and oxygen atoms in total. The Morgan fingerprint density at radius 2 is 1.52 bits per heavy atom. The number of morpholine rings is 1. The summed E-state index contributed by atoms with van der Waals surface area (Å²) in [5, 5.41) is 13.1. The summed E-state index contributed by atoms with van der Waals surface area (Å²) in [4.78, 5) is 25.1. The molecule has 1 N–H and O–H groups in total. The summed E-state index contributed by atoms with van der Waals surface area (Å²) in [5.41, 5.74) is 1.79. The first-order valence-electron chi connectivity index (χ1n) is 7.40. The van der Waals surface area contributed by atoms with E-state index in [1.165, 1.54) is 11.3 Å². The van der Waals surface area contributed by atoms with Gasteiger partial charge in [0.25, 0.3) is 5.91 Å². The fourth-order valence-corrected chi connectivity index (χ4v) is 4.41. The standard InChI is InChI=1S/C10H12ClNO2S.C6H5ClO2S/c1-7-6-15-9(8(7)11)10(13)12-2-4-14-5-3-12;1-3-2-10-5(4(3)7)6(8)9/h6H,2-5H2,1H3;2H,1H3,(H,8,9). The van der Waals surface area contributed by atoms with Crippen molar-refractivity contribution in [3.63, 3.8) is 0 Å². The third-order valence-corrected chi connectivity index (χ3v) is 6.85. The molecule has 0 bridgehead atoms. The Hall–Kier alpha value is -1.12. The van der Waals surface area contributed by atoms with Crippen LogP contribution < -0.4 is 0 Å². The lowest BCUT2D eigenvalue weighted by atomic mass is 10.3. The van der Waals surface area contributed by atoms with E-state index in [1.807, 2.05) is 12.3 Å². The normalized spacial score (nSPS) is 14.0. The Labute approximate surface area is 163 Å². The lowest BCUT2D eigenvalue weighted by molar-refractivity contribution is 0.0306. The van der Waals surface area contributed by atoms with E-state index in [4.69, 9.17) is 33.0 Å². The quantitative estimate of drug-likeness (QED) is 0.769. The Morgan fingerprint density at radius 3 is 1.88 bits per heavy atom. The monoisotopic (exact) mass is 421 g/mol. The van der Waals surface area contributed by atoms with Crippen molar-refractivity contribution in [3.8, 4) is 0 Å². The van der Waals surface area contributed by atoms with Crippen molar-refractivity contribution in [2.75, 3.05) is 26.3 Å². The van der Waals surface area contributed by atoms with E-state index in [0.717, 1.165) is 22.5 Å². The Morgan fingerprint density at radius 1 is 1.04 bits per heavy atom. The van der Waals surface area contributed by atoms with E-state index in [9.17, 15) is 9.59 Å². The molecular formula is C16H17Cl2NO4S2. The molecule has 2 aromatic rings. The summed E-state index contributed by atoms with van der Waals surface area (Å²) in [5.74, 6) is -0.926. The molecule has 0 unspecified atom stereocenters.